The lowest BCUT2D eigenvalue weighted by molar-refractivity contribution is -0.130. The maximum Gasteiger partial charge on any atom is 0.297 e. The molecular formula is C38H46FNO10S. The fourth-order valence-electron chi connectivity index (χ4n) is 5.30. The highest BCUT2D eigenvalue weighted by molar-refractivity contribution is 7.86. The van der Waals surface area contributed by atoms with E-state index >= 15 is 0 Å². The second-order valence-electron chi connectivity index (χ2n) is 11.5. The lowest BCUT2D eigenvalue weighted by Gasteiger charge is -2.24. The molecule has 11 nitrogen and oxygen atoms in total. The van der Waals surface area contributed by atoms with E-state index in [4.69, 9.17) is 18.9 Å². The van der Waals surface area contributed by atoms with Crippen LogP contribution in [0.1, 0.15) is 39.5 Å². The van der Waals surface area contributed by atoms with Gasteiger partial charge in [-0.25, -0.2) is 0 Å². The van der Waals surface area contributed by atoms with E-state index in [1.54, 1.807) is 44.4 Å². The van der Waals surface area contributed by atoms with Gasteiger partial charge >= 0.3 is 0 Å². The summed E-state index contributed by atoms with van der Waals surface area (Å²) in [7, 11) is -1.55. The number of fused-ring (bicyclic) bond motifs is 1. The molecule has 4 aromatic carbocycles. The average molecular weight is 728 g/mol. The summed E-state index contributed by atoms with van der Waals surface area (Å²) < 4.78 is 55.9. The van der Waals surface area contributed by atoms with Gasteiger partial charge in [0.1, 0.15) is 28.0 Å². The Hall–Kier alpha value is -4.69. The molecule has 0 spiro atoms. The zero-order valence-electron chi connectivity index (χ0n) is 29.2. The summed E-state index contributed by atoms with van der Waals surface area (Å²) in [6.45, 7) is 3.80. The smallest absolute Gasteiger partial charge is 0.297 e. The molecule has 0 heterocycles. The molecule has 0 fully saturated rings. The van der Waals surface area contributed by atoms with Crippen LogP contribution in [-0.2, 0) is 34.0 Å². The Labute approximate surface area is 298 Å². The van der Waals surface area contributed by atoms with Crippen molar-refractivity contribution in [2.45, 2.75) is 56.6 Å². The number of methoxy groups -OCH3 is 2. The van der Waals surface area contributed by atoms with Crippen molar-refractivity contribution < 1.29 is 51.0 Å². The average Bonchev–Trinajstić information content (AvgIpc) is 3.09. The number of carbonyl (C=O) groups excluding carboxylic acids is 3. The number of Topliss-reactive ketones (excluding diaryl/α,β-unsaturated/α-hetero) is 2. The van der Waals surface area contributed by atoms with Crippen molar-refractivity contribution in [3.63, 3.8) is 0 Å². The fourth-order valence-corrected chi connectivity index (χ4v) is 6.16. The number of carbonyl (C=O) groups is 3. The number of halogens is 1. The number of rotatable bonds is 18. The molecule has 3 atom stereocenters. The van der Waals surface area contributed by atoms with Crippen molar-refractivity contribution >= 4 is 44.1 Å². The van der Waals surface area contributed by atoms with Crippen molar-refractivity contribution in [3.05, 3.63) is 97.1 Å². The van der Waals surface area contributed by atoms with Gasteiger partial charge in [-0.2, -0.15) is 8.42 Å². The number of amides is 1. The molecule has 0 aromatic heterocycles. The summed E-state index contributed by atoms with van der Waals surface area (Å²) in [4.78, 5) is 35.7. The fraction of sp³-hybridized carbons (Fsp3) is 0.342. The van der Waals surface area contributed by atoms with E-state index in [-0.39, 0.29) is 46.5 Å². The topological polar surface area (TPSA) is 155 Å². The molecule has 0 radical (unpaired) electrons. The van der Waals surface area contributed by atoms with E-state index in [1.165, 1.54) is 20.1 Å². The molecule has 3 unspecified atom stereocenters. The molecular weight excluding hydrogens is 681 g/mol. The van der Waals surface area contributed by atoms with Gasteiger partial charge in [-0.3, -0.25) is 23.6 Å². The van der Waals surface area contributed by atoms with Gasteiger partial charge in [-0.05, 0) is 49.6 Å². The third-order valence-electron chi connectivity index (χ3n) is 7.81. The van der Waals surface area contributed by atoms with Gasteiger partial charge in [-0.1, -0.05) is 66.7 Å². The minimum atomic E-state index is -4.63. The third-order valence-corrected chi connectivity index (χ3v) is 8.76. The van der Waals surface area contributed by atoms with E-state index < -0.39 is 32.9 Å². The van der Waals surface area contributed by atoms with Gasteiger partial charge in [0.25, 0.3) is 10.1 Å². The first-order valence-corrected chi connectivity index (χ1v) is 17.6. The molecule has 1 amide bonds. The monoisotopic (exact) mass is 727 g/mol. The maximum atomic E-state index is 12.8. The summed E-state index contributed by atoms with van der Waals surface area (Å²) in [6.07, 6.45) is 0.705. The lowest BCUT2D eigenvalue weighted by atomic mass is 9.92. The van der Waals surface area contributed by atoms with Crippen LogP contribution in [0.15, 0.2) is 102 Å². The summed E-state index contributed by atoms with van der Waals surface area (Å²) in [6, 6.07) is 28.5. The highest BCUT2D eigenvalue weighted by atomic mass is 32.2. The SMILES string of the molecule is COC(CCOc1ccccc1)C(CC(=O)Nc1ccc2ccccc2c1S(=O)(=O)O)C(C)=O.COC(CCOc1ccccc1)CC(C)=O.F. The molecule has 4 aromatic rings. The van der Waals surface area contributed by atoms with Crippen molar-refractivity contribution in [3.8, 4) is 11.5 Å². The Bertz CT molecular complexity index is 1790. The second kappa shape index (κ2) is 21.5. The van der Waals surface area contributed by atoms with Crippen LogP contribution in [0.5, 0.6) is 11.5 Å². The first-order valence-electron chi connectivity index (χ1n) is 16.1. The van der Waals surface area contributed by atoms with Gasteiger partial charge in [0.15, 0.2) is 0 Å². The van der Waals surface area contributed by atoms with Crippen LogP contribution in [0.3, 0.4) is 0 Å². The van der Waals surface area contributed by atoms with Crippen molar-refractivity contribution in [1.29, 1.82) is 0 Å². The highest BCUT2D eigenvalue weighted by Crippen LogP contribution is 2.31. The molecule has 13 heteroatoms. The van der Waals surface area contributed by atoms with Gasteiger partial charge in [0.05, 0.1) is 37.0 Å². The molecule has 51 heavy (non-hydrogen) atoms. The molecule has 0 saturated carbocycles. The molecule has 0 aliphatic carbocycles. The number of para-hydroxylation sites is 2. The van der Waals surface area contributed by atoms with Crippen LogP contribution in [0.25, 0.3) is 10.8 Å². The third kappa shape index (κ3) is 14.2. The van der Waals surface area contributed by atoms with E-state index in [1.807, 2.05) is 60.7 Å². The van der Waals surface area contributed by atoms with Gasteiger partial charge in [0.2, 0.25) is 5.91 Å². The number of hydrogen-bond donors (Lipinski definition) is 2. The molecule has 0 aliphatic heterocycles. The summed E-state index contributed by atoms with van der Waals surface area (Å²) >= 11 is 0. The van der Waals surface area contributed by atoms with Crippen LogP contribution in [0.4, 0.5) is 10.4 Å². The molecule has 0 saturated heterocycles. The lowest BCUT2D eigenvalue weighted by Crippen LogP contribution is -2.33. The van der Waals surface area contributed by atoms with Gasteiger partial charge in [-0.15, -0.1) is 0 Å². The Kier molecular flexibility index (Phi) is 17.9. The summed E-state index contributed by atoms with van der Waals surface area (Å²) in [5, 5.41) is 3.41. The number of ketones is 2. The van der Waals surface area contributed by atoms with Gasteiger partial charge < -0.3 is 24.3 Å². The molecule has 4 rings (SSSR count). The molecule has 0 bridgehead atoms. The highest BCUT2D eigenvalue weighted by Gasteiger charge is 2.29. The summed E-state index contributed by atoms with van der Waals surface area (Å²) in [5.41, 5.74) is -0.0603. The van der Waals surface area contributed by atoms with Crippen LogP contribution >= 0.6 is 0 Å². The maximum absolute atomic E-state index is 12.8. The van der Waals surface area contributed by atoms with Crippen molar-refractivity contribution in [1.82, 2.24) is 0 Å². The largest absolute Gasteiger partial charge is 0.493 e. The number of anilines is 1. The zero-order valence-corrected chi connectivity index (χ0v) is 30.0. The minimum Gasteiger partial charge on any atom is -0.493 e. The van der Waals surface area contributed by atoms with Crippen molar-refractivity contribution in [2.24, 2.45) is 5.92 Å². The number of ether oxygens (including phenoxy) is 4. The molecule has 2 N–H and O–H groups in total. The predicted molar refractivity (Wildman–Crippen MR) is 194 cm³/mol. The van der Waals surface area contributed by atoms with E-state index in [0.29, 0.717) is 30.6 Å². The first-order chi connectivity index (χ1) is 23.9. The number of nitrogens with one attached hydrogen (secondary N) is 1. The minimum absolute atomic E-state index is 0. The molecule has 276 valence electrons. The van der Waals surface area contributed by atoms with E-state index in [0.717, 1.165) is 12.2 Å². The van der Waals surface area contributed by atoms with Gasteiger partial charge in [0, 0.05) is 45.3 Å². The zero-order chi connectivity index (χ0) is 36.5. The Morgan fingerprint density at radius 2 is 1.27 bits per heavy atom. The summed E-state index contributed by atoms with van der Waals surface area (Å²) in [5.74, 6) is 0.0934. The first kappa shape index (κ1) is 42.5. The number of benzene rings is 4. The van der Waals surface area contributed by atoms with Crippen molar-refractivity contribution in [2.75, 3.05) is 32.8 Å². The Morgan fingerprint density at radius 1 is 0.725 bits per heavy atom. The van der Waals surface area contributed by atoms with E-state index in [2.05, 4.69) is 5.32 Å². The van der Waals surface area contributed by atoms with Crippen LogP contribution in [0, 0.1) is 5.92 Å². The number of hydrogen-bond acceptors (Lipinski definition) is 9. The van der Waals surface area contributed by atoms with E-state index in [9.17, 15) is 27.4 Å². The van der Waals surface area contributed by atoms with Crippen LogP contribution in [-0.4, -0.2) is 70.1 Å². The Morgan fingerprint density at radius 3 is 1.78 bits per heavy atom. The standard InChI is InChI=1S/C25H27NO7S.C13H18O3.FH/c1-17(27)21(23(32-2)14-15-33-19-9-4-3-5-10-19)16-24(28)26-22-13-12-18-8-6-7-11-20(18)25(22)34(29,30)31;1-11(14)10-13(15-2)8-9-16-12-6-4-3-5-7-12;/h3-13,21,23H,14-16H2,1-2H3,(H,26,28)(H,29,30,31);3-7,13H,8-10H2,1-2H3;1H. The van der Waals surface area contributed by atoms with Crippen LogP contribution < -0.4 is 14.8 Å². The second-order valence-corrected chi connectivity index (χ2v) is 12.9. The van der Waals surface area contributed by atoms with Crippen LogP contribution in [0.2, 0.25) is 0 Å². The Balaban J connectivity index is 0.000000446. The normalized spacial score (nSPS) is 12.6. The molecule has 0 aliphatic rings. The quantitative estimate of drug-likeness (QED) is 0.106. The predicted octanol–water partition coefficient (Wildman–Crippen LogP) is 6.71.